The van der Waals surface area contributed by atoms with Crippen LogP contribution in [-0.2, 0) is 6.54 Å². The number of hydrogen-bond donors (Lipinski definition) is 1. The summed E-state index contributed by atoms with van der Waals surface area (Å²) >= 11 is 0. The van der Waals surface area contributed by atoms with Crippen molar-refractivity contribution in [1.29, 1.82) is 0 Å². The second kappa shape index (κ2) is 5.39. The largest absolute Gasteiger partial charge is 0.491 e. The minimum atomic E-state index is -0.442. The Kier molecular flexibility index (Phi) is 3.22. The lowest BCUT2D eigenvalue weighted by Gasteiger charge is -2.19. The smallest absolute Gasteiger partial charge is 0.272 e. The van der Waals surface area contributed by atoms with E-state index in [4.69, 9.17) is 4.74 Å². The average molecular weight is 311 g/mol. The van der Waals surface area contributed by atoms with Crippen molar-refractivity contribution in [3.05, 3.63) is 59.5 Å². The number of nitrogens with zero attached hydrogens (tertiary/aromatic N) is 2. The van der Waals surface area contributed by atoms with Crippen LogP contribution in [0.25, 0.3) is 10.9 Å². The van der Waals surface area contributed by atoms with Crippen LogP contribution in [-0.4, -0.2) is 34.2 Å². The summed E-state index contributed by atoms with van der Waals surface area (Å²) in [4.78, 5) is 14.5. The van der Waals surface area contributed by atoms with E-state index in [0.29, 0.717) is 30.8 Å². The molecule has 0 saturated carbocycles. The first-order valence-corrected chi connectivity index (χ1v) is 7.36. The normalized spacial score (nSPS) is 14.2. The summed E-state index contributed by atoms with van der Waals surface area (Å²) in [5, 5.41) is 7.09. The Balaban J connectivity index is 1.70. The van der Waals surface area contributed by atoms with Crippen LogP contribution in [0, 0.1) is 5.82 Å². The predicted molar refractivity (Wildman–Crippen MR) is 82.7 cm³/mol. The van der Waals surface area contributed by atoms with Gasteiger partial charge in [-0.25, -0.2) is 4.39 Å². The van der Waals surface area contributed by atoms with Gasteiger partial charge in [-0.05, 0) is 12.1 Å². The topological polar surface area (TPSA) is 58.2 Å². The van der Waals surface area contributed by atoms with Gasteiger partial charge >= 0.3 is 0 Å². The standard InChI is InChI=1S/C17H14FN3O2/c18-13-6-3-5-12-15(13)19-20-16(12)17(22)21-8-9-23-14-7-2-1-4-11(14)10-21/h1-7H,8-10H2,(H,19,20). The Bertz CT molecular complexity index is 890. The number of fused-ring (bicyclic) bond motifs is 2. The van der Waals surface area contributed by atoms with Crippen LogP contribution < -0.4 is 4.74 Å². The first-order valence-electron chi connectivity index (χ1n) is 7.36. The van der Waals surface area contributed by atoms with Crippen LogP contribution in [0.1, 0.15) is 16.1 Å². The Morgan fingerprint density at radius 3 is 3.00 bits per heavy atom. The number of carbonyl (C=O) groups excluding carboxylic acids is 1. The van der Waals surface area contributed by atoms with E-state index in [-0.39, 0.29) is 11.4 Å². The lowest BCUT2D eigenvalue weighted by atomic mass is 10.1. The molecule has 6 heteroatoms. The van der Waals surface area contributed by atoms with Gasteiger partial charge in [0, 0.05) is 17.5 Å². The van der Waals surface area contributed by atoms with Gasteiger partial charge in [0.2, 0.25) is 0 Å². The zero-order valence-corrected chi connectivity index (χ0v) is 12.3. The molecule has 3 aromatic rings. The molecule has 0 spiro atoms. The number of ether oxygens (including phenoxy) is 1. The highest BCUT2D eigenvalue weighted by Crippen LogP contribution is 2.25. The molecule has 0 atom stereocenters. The summed E-state index contributed by atoms with van der Waals surface area (Å²) in [6.07, 6.45) is 0. The van der Waals surface area contributed by atoms with Crippen molar-refractivity contribution in [1.82, 2.24) is 15.1 Å². The number of carbonyl (C=O) groups is 1. The predicted octanol–water partition coefficient (Wildman–Crippen LogP) is 2.74. The number of amides is 1. The summed E-state index contributed by atoms with van der Waals surface area (Å²) < 4.78 is 19.4. The molecule has 2 aromatic carbocycles. The van der Waals surface area contributed by atoms with Crippen LogP contribution in [0.3, 0.4) is 0 Å². The molecule has 1 amide bonds. The van der Waals surface area contributed by atoms with Crippen molar-refractivity contribution in [3.8, 4) is 5.75 Å². The van der Waals surface area contributed by atoms with Crippen molar-refractivity contribution in [2.75, 3.05) is 13.2 Å². The molecule has 1 aliphatic heterocycles. The fraction of sp³-hybridized carbons (Fsp3) is 0.176. The number of rotatable bonds is 1. The molecule has 0 unspecified atom stereocenters. The summed E-state index contributed by atoms with van der Waals surface area (Å²) in [6.45, 7) is 1.33. The number of aromatic nitrogens is 2. The van der Waals surface area contributed by atoms with Gasteiger partial charge in [0.25, 0.3) is 5.91 Å². The Hall–Kier alpha value is -2.89. The molecule has 1 aromatic heterocycles. The third-order valence-corrected chi connectivity index (χ3v) is 3.99. The molecule has 1 N–H and O–H groups in total. The van der Waals surface area contributed by atoms with E-state index in [2.05, 4.69) is 10.2 Å². The maximum Gasteiger partial charge on any atom is 0.272 e. The highest BCUT2D eigenvalue weighted by atomic mass is 19.1. The van der Waals surface area contributed by atoms with Crippen molar-refractivity contribution >= 4 is 16.8 Å². The van der Waals surface area contributed by atoms with Gasteiger partial charge in [-0.2, -0.15) is 5.10 Å². The SMILES string of the molecule is O=C(c1[nH]nc2c(F)cccc12)N1CCOc2ccccc2C1. The number of nitrogens with one attached hydrogen (secondary N) is 1. The molecule has 0 bridgehead atoms. The Morgan fingerprint density at radius 1 is 1.22 bits per heavy atom. The quantitative estimate of drug-likeness (QED) is 0.752. The van der Waals surface area contributed by atoms with Crippen LogP contribution >= 0.6 is 0 Å². The molecule has 5 nitrogen and oxygen atoms in total. The minimum absolute atomic E-state index is 0.183. The van der Waals surface area contributed by atoms with Crippen LogP contribution in [0.2, 0.25) is 0 Å². The van der Waals surface area contributed by atoms with Crippen molar-refractivity contribution in [2.24, 2.45) is 0 Å². The molecule has 0 aliphatic carbocycles. The first-order chi connectivity index (χ1) is 11.2. The van der Waals surface area contributed by atoms with Crippen molar-refractivity contribution < 1.29 is 13.9 Å². The van der Waals surface area contributed by atoms with E-state index in [0.717, 1.165) is 11.3 Å². The van der Waals surface area contributed by atoms with E-state index >= 15 is 0 Å². The third-order valence-electron chi connectivity index (χ3n) is 3.99. The minimum Gasteiger partial charge on any atom is -0.491 e. The van der Waals surface area contributed by atoms with E-state index in [1.165, 1.54) is 6.07 Å². The summed E-state index contributed by atoms with van der Waals surface area (Å²) in [5.41, 5.74) is 1.44. The van der Waals surface area contributed by atoms with Crippen LogP contribution in [0.4, 0.5) is 4.39 Å². The van der Waals surface area contributed by atoms with E-state index in [1.807, 2.05) is 24.3 Å². The molecule has 2 heterocycles. The molecule has 0 radical (unpaired) electrons. The van der Waals surface area contributed by atoms with Gasteiger partial charge in [0.1, 0.15) is 23.6 Å². The maximum atomic E-state index is 13.7. The molecule has 23 heavy (non-hydrogen) atoms. The Morgan fingerprint density at radius 2 is 2.09 bits per heavy atom. The fourth-order valence-corrected chi connectivity index (χ4v) is 2.82. The van der Waals surface area contributed by atoms with E-state index in [1.54, 1.807) is 17.0 Å². The van der Waals surface area contributed by atoms with Gasteiger partial charge < -0.3 is 9.64 Å². The number of H-pyrrole nitrogens is 1. The second-order valence-electron chi connectivity index (χ2n) is 5.42. The highest BCUT2D eigenvalue weighted by molar-refractivity contribution is 6.04. The molecular formula is C17H14FN3O2. The lowest BCUT2D eigenvalue weighted by Crippen LogP contribution is -2.32. The van der Waals surface area contributed by atoms with Gasteiger partial charge in [0.15, 0.2) is 5.82 Å². The third kappa shape index (κ3) is 2.32. The Labute approximate surface area is 131 Å². The second-order valence-corrected chi connectivity index (χ2v) is 5.42. The monoisotopic (exact) mass is 311 g/mol. The molecule has 116 valence electrons. The van der Waals surface area contributed by atoms with Gasteiger partial charge in [-0.3, -0.25) is 9.89 Å². The molecule has 4 rings (SSSR count). The molecular weight excluding hydrogens is 297 g/mol. The summed E-state index contributed by atoms with van der Waals surface area (Å²) in [7, 11) is 0. The van der Waals surface area contributed by atoms with E-state index < -0.39 is 5.82 Å². The molecule has 1 aliphatic rings. The molecule has 0 saturated heterocycles. The zero-order valence-electron chi connectivity index (χ0n) is 12.3. The lowest BCUT2D eigenvalue weighted by molar-refractivity contribution is 0.0729. The summed E-state index contributed by atoms with van der Waals surface area (Å²) in [5.74, 6) is 0.143. The van der Waals surface area contributed by atoms with Gasteiger partial charge in [-0.15, -0.1) is 0 Å². The van der Waals surface area contributed by atoms with Gasteiger partial charge in [0.05, 0.1) is 6.54 Å². The van der Waals surface area contributed by atoms with Crippen LogP contribution in [0.5, 0.6) is 5.75 Å². The fourth-order valence-electron chi connectivity index (χ4n) is 2.82. The highest BCUT2D eigenvalue weighted by Gasteiger charge is 2.24. The van der Waals surface area contributed by atoms with E-state index in [9.17, 15) is 9.18 Å². The zero-order chi connectivity index (χ0) is 15.8. The van der Waals surface area contributed by atoms with Gasteiger partial charge in [-0.1, -0.05) is 30.3 Å². The van der Waals surface area contributed by atoms with Crippen molar-refractivity contribution in [2.45, 2.75) is 6.54 Å². The number of aromatic amines is 1. The molecule has 0 fully saturated rings. The average Bonchev–Trinajstić information content (AvgIpc) is 2.88. The number of halogens is 1. The first kappa shape index (κ1) is 13.8. The number of para-hydroxylation sites is 2. The van der Waals surface area contributed by atoms with Crippen LogP contribution in [0.15, 0.2) is 42.5 Å². The van der Waals surface area contributed by atoms with Crippen molar-refractivity contribution in [3.63, 3.8) is 0 Å². The maximum absolute atomic E-state index is 13.7. The number of benzene rings is 2. The number of hydrogen-bond acceptors (Lipinski definition) is 3. The summed E-state index contributed by atoms with van der Waals surface area (Å²) in [6, 6.07) is 12.2.